The lowest BCUT2D eigenvalue weighted by Crippen LogP contribution is -2.32. The molecule has 108 valence electrons. The molecule has 1 aromatic heterocycles. The number of halogens is 3. The predicted octanol–water partition coefficient (Wildman–Crippen LogP) is 1.96. The van der Waals surface area contributed by atoms with Crippen LogP contribution >= 0.6 is 0 Å². The standard InChI is InChI=1S/C12H12F3N3O2/c1-20-11(19)9-6-16-7-10(17-9)18-4-2-8(3-5-18)12(13,14)15/h2,6-7H,3-5H2,1H3. The molecule has 0 atom stereocenters. The number of nitrogens with zero attached hydrogens (tertiary/aromatic N) is 3. The van der Waals surface area contributed by atoms with Crippen molar-refractivity contribution in [1.82, 2.24) is 9.97 Å². The quantitative estimate of drug-likeness (QED) is 0.615. The SMILES string of the molecule is COC(=O)c1cncc(N2CC=C(C(F)(F)F)CC2)n1. The fourth-order valence-corrected chi connectivity index (χ4v) is 1.85. The van der Waals surface area contributed by atoms with E-state index in [9.17, 15) is 18.0 Å². The van der Waals surface area contributed by atoms with Crippen LogP contribution in [-0.4, -0.2) is 42.3 Å². The molecule has 0 amide bonds. The van der Waals surface area contributed by atoms with Crippen molar-refractivity contribution in [3.63, 3.8) is 0 Å². The van der Waals surface area contributed by atoms with Gasteiger partial charge in [-0.2, -0.15) is 13.2 Å². The zero-order valence-electron chi connectivity index (χ0n) is 10.6. The van der Waals surface area contributed by atoms with Crippen LogP contribution in [0.25, 0.3) is 0 Å². The van der Waals surface area contributed by atoms with Gasteiger partial charge in [0.1, 0.15) is 5.82 Å². The predicted molar refractivity (Wildman–Crippen MR) is 64.3 cm³/mol. The minimum atomic E-state index is -4.29. The van der Waals surface area contributed by atoms with Crippen molar-refractivity contribution in [2.24, 2.45) is 0 Å². The van der Waals surface area contributed by atoms with E-state index < -0.39 is 17.7 Å². The highest BCUT2D eigenvalue weighted by Gasteiger charge is 2.35. The topological polar surface area (TPSA) is 55.3 Å². The van der Waals surface area contributed by atoms with Crippen molar-refractivity contribution < 1.29 is 22.7 Å². The average molecular weight is 287 g/mol. The van der Waals surface area contributed by atoms with Crippen LogP contribution in [0.2, 0.25) is 0 Å². The van der Waals surface area contributed by atoms with Crippen LogP contribution in [-0.2, 0) is 4.74 Å². The highest BCUT2D eigenvalue weighted by molar-refractivity contribution is 5.87. The molecule has 1 aromatic rings. The number of carbonyl (C=O) groups excluding carboxylic acids is 1. The molecule has 0 aliphatic carbocycles. The first kappa shape index (κ1) is 14.3. The highest BCUT2D eigenvalue weighted by atomic mass is 19.4. The molecular formula is C12H12F3N3O2. The van der Waals surface area contributed by atoms with Gasteiger partial charge < -0.3 is 9.64 Å². The number of carbonyl (C=O) groups is 1. The molecule has 8 heteroatoms. The Labute approximate surface area is 113 Å². The summed E-state index contributed by atoms with van der Waals surface area (Å²) in [5.41, 5.74) is -0.513. The number of aromatic nitrogens is 2. The number of methoxy groups -OCH3 is 1. The molecule has 2 heterocycles. The Hall–Kier alpha value is -2.12. The summed E-state index contributed by atoms with van der Waals surface area (Å²) in [6.07, 6.45) is -0.635. The summed E-state index contributed by atoms with van der Waals surface area (Å²) in [6, 6.07) is 0. The average Bonchev–Trinajstić information content (AvgIpc) is 2.46. The molecule has 2 rings (SSSR count). The van der Waals surface area contributed by atoms with E-state index in [2.05, 4.69) is 14.7 Å². The number of alkyl halides is 3. The van der Waals surface area contributed by atoms with E-state index in [-0.39, 0.29) is 25.2 Å². The van der Waals surface area contributed by atoms with Crippen LogP contribution in [0.15, 0.2) is 24.0 Å². The summed E-state index contributed by atoms with van der Waals surface area (Å²) < 4.78 is 42.1. The number of rotatable bonds is 2. The van der Waals surface area contributed by atoms with Crippen molar-refractivity contribution in [3.05, 3.63) is 29.7 Å². The third kappa shape index (κ3) is 3.06. The monoisotopic (exact) mass is 287 g/mol. The number of anilines is 1. The van der Waals surface area contributed by atoms with E-state index in [4.69, 9.17) is 0 Å². The first-order valence-corrected chi connectivity index (χ1v) is 5.83. The van der Waals surface area contributed by atoms with Gasteiger partial charge in [-0.05, 0) is 6.42 Å². The first-order chi connectivity index (χ1) is 9.41. The molecule has 0 bridgehead atoms. The molecular weight excluding hydrogens is 275 g/mol. The first-order valence-electron chi connectivity index (χ1n) is 5.83. The minimum absolute atomic E-state index is 0.0237. The molecule has 5 nitrogen and oxygen atoms in total. The molecule has 0 aromatic carbocycles. The van der Waals surface area contributed by atoms with Gasteiger partial charge in [-0.3, -0.25) is 4.98 Å². The molecule has 0 fully saturated rings. The van der Waals surface area contributed by atoms with Crippen LogP contribution in [0, 0.1) is 0 Å². The summed E-state index contributed by atoms with van der Waals surface area (Å²) in [6.45, 7) is 0.249. The van der Waals surface area contributed by atoms with Gasteiger partial charge >= 0.3 is 12.1 Å². The molecule has 20 heavy (non-hydrogen) atoms. The Morgan fingerprint density at radius 2 is 2.15 bits per heavy atom. The third-order valence-electron chi connectivity index (χ3n) is 2.91. The maximum Gasteiger partial charge on any atom is 0.412 e. The van der Waals surface area contributed by atoms with Gasteiger partial charge in [0.05, 0.1) is 19.5 Å². The normalized spacial score (nSPS) is 15.8. The Balaban J connectivity index is 2.15. The minimum Gasteiger partial charge on any atom is -0.464 e. The Morgan fingerprint density at radius 3 is 2.70 bits per heavy atom. The summed E-state index contributed by atoms with van der Waals surface area (Å²) in [4.78, 5) is 20.8. The molecule has 0 spiro atoms. The van der Waals surface area contributed by atoms with Crippen molar-refractivity contribution in [1.29, 1.82) is 0 Å². The Morgan fingerprint density at radius 1 is 1.40 bits per heavy atom. The lowest BCUT2D eigenvalue weighted by molar-refractivity contribution is -0.0944. The number of hydrogen-bond donors (Lipinski definition) is 0. The summed E-state index contributed by atoms with van der Waals surface area (Å²) in [7, 11) is 1.22. The third-order valence-corrected chi connectivity index (χ3v) is 2.91. The van der Waals surface area contributed by atoms with Crippen molar-refractivity contribution in [3.8, 4) is 0 Å². The van der Waals surface area contributed by atoms with Crippen LogP contribution < -0.4 is 4.90 Å². The van der Waals surface area contributed by atoms with Gasteiger partial charge in [0, 0.05) is 18.7 Å². The smallest absolute Gasteiger partial charge is 0.412 e. The van der Waals surface area contributed by atoms with Crippen LogP contribution in [0.5, 0.6) is 0 Å². The molecule has 0 saturated carbocycles. The molecule has 0 saturated heterocycles. The highest BCUT2D eigenvalue weighted by Crippen LogP contribution is 2.31. The fraction of sp³-hybridized carbons (Fsp3) is 0.417. The molecule has 1 aliphatic rings. The van der Waals surface area contributed by atoms with E-state index in [0.29, 0.717) is 5.82 Å². The van der Waals surface area contributed by atoms with Gasteiger partial charge in [-0.1, -0.05) is 6.08 Å². The molecule has 1 aliphatic heterocycles. The summed E-state index contributed by atoms with van der Waals surface area (Å²) in [5, 5.41) is 0. The summed E-state index contributed by atoms with van der Waals surface area (Å²) in [5.74, 6) is -0.284. The van der Waals surface area contributed by atoms with Gasteiger partial charge in [-0.15, -0.1) is 0 Å². The fourth-order valence-electron chi connectivity index (χ4n) is 1.85. The largest absolute Gasteiger partial charge is 0.464 e. The van der Waals surface area contributed by atoms with Gasteiger partial charge in [0.2, 0.25) is 0 Å². The zero-order chi connectivity index (χ0) is 14.8. The second-order valence-corrected chi connectivity index (χ2v) is 4.18. The maximum absolute atomic E-state index is 12.5. The second kappa shape index (κ2) is 5.48. The lowest BCUT2D eigenvalue weighted by atomic mass is 10.1. The number of esters is 1. The zero-order valence-corrected chi connectivity index (χ0v) is 10.6. The molecule has 0 radical (unpaired) electrons. The van der Waals surface area contributed by atoms with Gasteiger partial charge in [0.25, 0.3) is 0 Å². The maximum atomic E-state index is 12.5. The molecule has 0 unspecified atom stereocenters. The van der Waals surface area contributed by atoms with E-state index in [1.807, 2.05) is 0 Å². The van der Waals surface area contributed by atoms with E-state index in [1.54, 1.807) is 4.90 Å². The second-order valence-electron chi connectivity index (χ2n) is 4.18. The van der Waals surface area contributed by atoms with Crippen LogP contribution in [0.3, 0.4) is 0 Å². The number of hydrogen-bond acceptors (Lipinski definition) is 5. The number of ether oxygens (including phenoxy) is 1. The molecule has 0 N–H and O–H groups in total. The Kier molecular flexibility index (Phi) is 3.91. The lowest BCUT2D eigenvalue weighted by Gasteiger charge is -2.27. The van der Waals surface area contributed by atoms with E-state index >= 15 is 0 Å². The van der Waals surface area contributed by atoms with Gasteiger partial charge in [-0.25, -0.2) is 9.78 Å². The summed E-state index contributed by atoms with van der Waals surface area (Å²) >= 11 is 0. The van der Waals surface area contributed by atoms with Gasteiger partial charge in [0.15, 0.2) is 5.69 Å². The van der Waals surface area contributed by atoms with Crippen molar-refractivity contribution >= 4 is 11.8 Å². The Bertz CT molecular complexity index is 543. The van der Waals surface area contributed by atoms with Crippen molar-refractivity contribution in [2.45, 2.75) is 12.6 Å². The van der Waals surface area contributed by atoms with E-state index in [1.165, 1.54) is 19.5 Å². The van der Waals surface area contributed by atoms with E-state index in [0.717, 1.165) is 6.08 Å². The van der Waals surface area contributed by atoms with Crippen LogP contribution in [0.4, 0.5) is 19.0 Å². The van der Waals surface area contributed by atoms with Crippen LogP contribution in [0.1, 0.15) is 16.9 Å². The van der Waals surface area contributed by atoms with Crippen molar-refractivity contribution in [2.75, 3.05) is 25.1 Å².